The van der Waals surface area contributed by atoms with E-state index in [9.17, 15) is 13.2 Å². The van der Waals surface area contributed by atoms with Gasteiger partial charge in [0.1, 0.15) is 6.10 Å². The van der Waals surface area contributed by atoms with Gasteiger partial charge in [0, 0.05) is 19.1 Å². The minimum absolute atomic E-state index is 0.167. The van der Waals surface area contributed by atoms with Gasteiger partial charge in [-0.15, -0.1) is 0 Å². The van der Waals surface area contributed by atoms with Crippen LogP contribution in [0.25, 0.3) is 0 Å². The molecule has 1 atom stereocenters. The minimum Gasteiger partial charge on any atom is -0.372 e. The van der Waals surface area contributed by atoms with Crippen molar-refractivity contribution in [2.45, 2.75) is 17.9 Å². The molecular formula is C11H15NO4S. The third-order valence-corrected chi connectivity index (χ3v) is 3.36. The van der Waals surface area contributed by atoms with Gasteiger partial charge in [0.25, 0.3) is 5.91 Å². The monoisotopic (exact) mass is 257 g/mol. The molecule has 0 fully saturated rings. The van der Waals surface area contributed by atoms with E-state index in [1.54, 1.807) is 19.1 Å². The summed E-state index contributed by atoms with van der Waals surface area (Å²) in [5.74, 6) is -0.321. The molecular weight excluding hydrogens is 242 g/mol. The Bertz CT molecular complexity index is 510. The Morgan fingerprint density at radius 1 is 1.41 bits per heavy atom. The molecule has 0 aliphatic heterocycles. The maximum absolute atomic E-state index is 11.5. The predicted molar refractivity (Wildman–Crippen MR) is 64.7 cm³/mol. The minimum atomic E-state index is -3.27. The van der Waals surface area contributed by atoms with E-state index >= 15 is 0 Å². The quantitative estimate of drug-likeness (QED) is 0.875. The molecule has 1 unspecified atom stereocenters. The van der Waals surface area contributed by atoms with Crippen LogP contribution in [0.1, 0.15) is 6.92 Å². The molecule has 1 aromatic carbocycles. The van der Waals surface area contributed by atoms with Crippen LogP contribution >= 0.6 is 0 Å². The molecule has 6 heteroatoms. The number of carbonyl (C=O) groups excluding carboxylic acids is 1. The second kappa shape index (κ2) is 5.29. The van der Waals surface area contributed by atoms with Crippen LogP contribution in [0.5, 0.6) is 0 Å². The summed E-state index contributed by atoms with van der Waals surface area (Å²) < 4.78 is 27.5. The van der Waals surface area contributed by atoms with Gasteiger partial charge in [-0.25, -0.2) is 8.42 Å². The predicted octanol–water partition coefficient (Wildman–Crippen LogP) is 1.06. The molecule has 0 spiro atoms. The fourth-order valence-corrected chi connectivity index (χ4v) is 1.82. The number of methoxy groups -OCH3 is 1. The summed E-state index contributed by atoms with van der Waals surface area (Å²) >= 11 is 0. The highest BCUT2D eigenvalue weighted by molar-refractivity contribution is 7.90. The lowest BCUT2D eigenvalue weighted by Crippen LogP contribution is -2.26. The zero-order chi connectivity index (χ0) is 13.1. The number of rotatable bonds is 4. The van der Waals surface area contributed by atoms with Crippen molar-refractivity contribution in [2.24, 2.45) is 0 Å². The van der Waals surface area contributed by atoms with Crippen molar-refractivity contribution in [1.29, 1.82) is 0 Å². The van der Waals surface area contributed by atoms with Gasteiger partial charge in [0.05, 0.1) is 4.90 Å². The molecule has 0 aliphatic carbocycles. The van der Waals surface area contributed by atoms with Crippen LogP contribution in [0.3, 0.4) is 0 Å². The fourth-order valence-electron chi connectivity index (χ4n) is 1.16. The summed E-state index contributed by atoms with van der Waals surface area (Å²) in [4.78, 5) is 11.7. The molecule has 0 saturated carbocycles. The van der Waals surface area contributed by atoms with E-state index in [1.165, 1.54) is 19.2 Å². The maximum atomic E-state index is 11.5. The molecule has 1 aromatic rings. The summed E-state index contributed by atoms with van der Waals surface area (Å²) in [5.41, 5.74) is 0.432. The van der Waals surface area contributed by atoms with Gasteiger partial charge >= 0.3 is 0 Å². The zero-order valence-corrected chi connectivity index (χ0v) is 10.7. The van der Waals surface area contributed by atoms with Gasteiger partial charge in [0.2, 0.25) is 0 Å². The number of benzene rings is 1. The van der Waals surface area contributed by atoms with Crippen molar-refractivity contribution >= 4 is 21.4 Å². The summed E-state index contributed by atoms with van der Waals surface area (Å²) in [6, 6.07) is 6.08. The van der Waals surface area contributed by atoms with Crippen molar-refractivity contribution in [1.82, 2.24) is 0 Å². The van der Waals surface area contributed by atoms with E-state index in [0.29, 0.717) is 5.69 Å². The van der Waals surface area contributed by atoms with Crippen LogP contribution in [0.15, 0.2) is 29.2 Å². The number of amides is 1. The van der Waals surface area contributed by atoms with E-state index < -0.39 is 15.9 Å². The SMILES string of the molecule is COC(C)C(=O)Nc1cccc(S(C)(=O)=O)c1. The topological polar surface area (TPSA) is 72.5 Å². The van der Waals surface area contributed by atoms with Crippen LogP contribution in [-0.4, -0.2) is 33.8 Å². The number of ether oxygens (including phenoxy) is 1. The van der Waals surface area contributed by atoms with E-state index in [2.05, 4.69) is 5.32 Å². The van der Waals surface area contributed by atoms with Crippen LogP contribution < -0.4 is 5.32 Å². The molecule has 1 N–H and O–H groups in total. The summed E-state index contributed by atoms with van der Waals surface area (Å²) in [5, 5.41) is 2.58. The normalized spacial score (nSPS) is 13.1. The average molecular weight is 257 g/mol. The smallest absolute Gasteiger partial charge is 0.253 e. The van der Waals surface area contributed by atoms with Gasteiger partial charge < -0.3 is 10.1 Å². The van der Waals surface area contributed by atoms with Gasteiger partial charge in [-0.2, -0.15) is 0 Å². The standard InChI is InChI=1S/C11H15NO4S/c1-8(16-2)11(13)12-9-5-4-6-10(7-9)17(3,14)15/h4-8H,1-3H3,(H,12,13). The first kappa shape index (κ1) is 13.7. The molecule has 17 heavy (non-hydrogen) atoms. The first-order chi connectivity index (χ1) is 7.84. The third-order valence-electron chi connectivity index (χ3n) is 2.25. The van der Waals surface area contributed by atoms with E-state index in [1.807, 2.05) is 0 Å². The Labute approximate surface area is 101 Å². The lowest BCUT2D eigenvalue weighted by Gasteiger charge is -2.10. The van der Waals surface area contributed by atoms with Crippen LogP contribution in [0, 0.1) is 0 Å². The number of hydrogen-bond donors (Lipinski definition) is 1. The molecule has 5 nitrogen and oxygen atoms in total. The highest BCUT2D eigenvalue weighted by atomic mass is 32.2. The van der Waals surface area contributed by atoms with Crippen molar-refractivity contribution < 1.29 is 17.9 Å². The average Bonchev–Trinajstić information content (AvgIpc) is 2.27. The van der Waals surface area contributed by atoms with Gasteiger partial charge in [0.15, 0.2) is 9.84 Å². The molecule has 1 rings (SSSR count). The lowest BCUT2D eigenvalue weighted by atomic mass is 10.3. The molecule has 0 aliphatic rings. The van der Waals surface area contributed by atoms with Gasteiger partial charge in [-0.1, -0.05) is 6.07 Å². The Kier molecular flexibility index (Phi) is 4.25. The molecule has 0 aromatic heterocycles. The van der Waals surface area contributed by atoms with Gasteiger partial charge in [-0.3, -0.25) is 4.79 Å². The summed E-state index contributed by atoms with van der Waals surface area (Å²) in [6.45, 7) is 1.61. The van der Waals surface area contributed by atoms with Crippen LogP contribution in [0.4, 0.5) is 5.69 Å². The Balaban J connectivity index is 2.91. The number of nitrogens with one attached hydrogen (secondary N) is 1. The molecule has 0 bridgehead atoms. The van der Waals surface area contributed by atoms with Crippen molar-refractivity contribution in [2.75, 3.05) is 18.7 Å². The van der Waals surface area contributed by atoms with Crippen LogP contribution in [-0.2, 0) is 19.4 Å². The molecule has 0 heterocycles. The second-order valence-electron chi connectivity index (χ2n) is 3.67. The van der Waals surface area contributed by atoms with E-state index in [-0.39, 0.29) is 10.8 Å². The second-order valence-corrected chi connectivity index (χ2v) is 5.68. The summed E-state index contributed by atoms with van der Waals surface area (Å²) in [6.07, 6.45) is 0.531. The fraction of sp³-hybridized carbons (Fsp3) is 0.364. The third kappa shape index (κ3) is 3.83. The number of anilines is 1. The first-order valence-electron chi connectivity index (χ1n) is 4.98. The highest BCUT2D eigenvalue weighted by Crippen LogP contribution is 2.15. The van der Waals surface area contributed by atoms with Crippen LogP contribution in [0.2, 0.25) is 0 Å². The number of hydrogen-bond acceptors (Lipinski definition) is 4. The first-order valence-corrected chi connectivity index (χ1v) is 6.87. The number of sulfone groups is 1. The summed E-state index contributed by atoms with van der Waals surface area (Å²) in [7, 11) is -1.84. The molecule has 1 amide bonds. The molecule has 0 saturated heterocycles. The Morgan fingerprint density at radius 2 is 2.06 bits per heavy atom. The largest absolute Gasteiger partial charge is 0.372 e. The van der Waals surface area contributed by atoms with Crippen molar-refractivity contribution in [3.8, 4) is 0 Å². The van der Waals surface area contributed by atoms with Crippen molar-refractivity contribution in [3.63, 3.8) is 0 Å². The molecule has 0 radical (unpaired) electrons. The molecule has 94 valence electrons. The zero-order valence-electron chi connectivity index (χ0n) is 9.93. The van der Waals surface area contributed by atoms with E-state index in [0.717, 1.165) is 6.26 Å². The lowest BCUT2D eigenvalue weighted by molar-refractivity contribution is -0.124. The Morgan fingerprint density at radius 3 is 2.59 bits per heavy atom. The number of carbonyl (C=O) groups is 1. The van der Waals surface area contributed by atoms with E-state index in [4.69, 9.17) is 4.74 Å². The maximum Gasteiger partial charge on any atom is 0.253 e. The Hall–Kier alpha value is -1.40. The van der Waals surface area contributed by atoms with Gasteiger partial charge in [-0.05, 0) is 25.1 Å². The highest BCUT2D eigenvalue weighted by Gasteiger charge is 2.13. The van der Waals surface area contributed by atoms with Crippen molar-refractivity contribution in [3.05, 3.63) is 24.3 Å².